The second-order valence-electron chi connectivity index (χ2n) is 5.01. The standard InChI is InChI=1S/C17H16BrFN2O4/c1-10(22)20-12-4-6-16(24-2)14(8-12)21-17(23)9-25-15-5-3-11(19)7-13(15)18/h3-8H,9H2,1-2H3,(H,20,22)(H,21,23). The Morgan fingerprint density at radius 2 is 1.84 bits per heavy atom. The van der Waals surface area contributed by atoms with Crippen LogP contribution in [0.3, 0.4) is 0 Å². The molecule has 0 spiro atoms. The van der Waals surface area contributed by atoms with Crippen LogP contribution in [0.15, 0.2) is 40.9 Å². The molecule has 0 aliphatic heterocycles. The number of nitrogens with one attached hydrogen (secondary N) is 2. The van der Waals surface area contributed by atoms with Crippen LogP contribution in [0.4, 0.5) is 15.8 Å². The van der Waals surface area contributed by atoms with Crippen molar-refractivity contribution in [3.8, 4) is 11.5 Å². The maximum Gasteiger partial charge on any atom is 0.262 e. The highest BCUT2D eigenvalue weighted by Crippen LogP contribution is 2.28. The van der Waals surface area contributed by atoms with Gasteiger partial charge in [0.1, 0.15) is 17.3 Å². The van der Waals surface area contributed by atoms with E-state index in [0.29, 0.717) is 27.3 Å². The molecule has 0 aliphatic rings. The number of halogens is 2. The number of rotatable bonds is 6. The lowest BCUT2D eigenvalue weighted by Crippen LogP contribution is -2.21. The van der Waals surface area contributed by atoms with E-state index in [-0.39, 0.29) is 12.5 Å². The van der Waals surface area contributed by atoms with Gasteiger partial charge in [-0.05, 0) is 52.3 Å². The first-order chi connectivity index (χ1) is 11.9. The van der Waals surface area contributed by atoms with Crippen LogP contribution in [0.2, 0.25) is 0 Å². The van der Waals surface area contributed by atoms with Crippen molar-refractivity contribution in [3.63, 3.8) is 0 Å². The van der Waals surface area contributed by atoms with E-state index >= 15 is 0 Å². The maximum absolute atomic E-state index is 13.0. The van der Waals surface area contributed by atoms with E-state index in [2.05, 4.69) is 26.6 Å². The molecule has 2 amide bonds. The second-order valence-corrected chi connectivity index (χ2v) is 5.86. The summed E-state index contributed by atoms with van der Waals surface area (Å²) in [5.41, 5.74) is 0.909. The molecule has 132 valence electrons. The normalized spacial score (nSPS) is 10.1. The Morgan fingerprint density at radius 3 is 2.48 bits per heavy atom. The third kappa shape index (κ3) is 5.46. The Morgan fingerprint density at radius 1 is 1.12 bits per heavy atom. The first kappa shape index (κ1) is 18.7. The predicted octanol–water partition coefficient (Wildman–Crippen LogP) is 3.57. The molecule has 6 nitrogen and oxygen atoms in total. The molecule has 2 aromatic rings. The average Bonchev–Trinajstić information content (AvgIpc) is 2.54. The van der Waals surface area contributed by atoms with E-state index in [1.54, 1.807) is 18.2 Å². The van der Waals surface area contributed by atoms with Crippen LogP contribution in [0, 0.1) is 5.82 Å². The molecule has 0 heterocycles. The summed E-state index contributed by atoms with van der Waals surface area (Å²) >= 11 is 3.16. The van der Waals surface area contributed by atoms with Crippen molar-refractivity contribution in [2.75, 3.05) is 24.4 Å². The van der Waals surface area contributed by atoms with Gasteiger partial charge in [-0.3, -0.25) is 9.59 Å². The number of methoxy groups -OCH3 is 1. The molecule has 2 aromatic carbocycles. The summed E-state index contributed by atoms with van der Waals surface area (Å²) in [6, 6.07) is 8.75. The quantitative estimate of drug-likeness (QED) is 0.762. The van der Waals surface area contributed by atoms with Gasteiger partial charge in [0.15, 0.2) is 6.61 Å². The molecule has 0 saturated heterocycles. The topological polar surface area (TPSA) is 76.7 Å². The zero-order valence-electron chi connectivity index (χ0n) is 13.6. The Kier molecular flexibility index (Phi) is 6.35. The fourth-order valence-corrected chi connectivity index (χ4v) is 2.47. The smallest absolute Gasteiger partial charge is 0.262 e. The van der Waals surface area contributed by atoms with E-state index in [1.807, 2.05) is 0 Å². The van der Waals surface area contributed by atoms with Gasteiger partial charge in [-0.25, -0.2) is 4.39 Å². The zero-order valence-corrected chi connectivity index (χ0v) is 15.1. The first-order valence-electron chi connectivity index (χ1n) is 7.22. The van der Waals surface area contributed by atoms with Crippen LogP contribution in [0.1, 0.15) is 6.92 Å². The van der Waals surface area contributed by atoms with Crippen molar-refractivity contribution in [1.29, 1.82) is 0 Å². The molecule has 0 saturated carbocycles. The fourth-order valence-electron chi connectivity index (χ4n) is 2.01. The third-order valence-corrected chi connectivity index (χ3v) is 3.67. The molecule has 0 bridgehead atoms. The van der Waals surface area contributed by atoms with E-state index < -0.39 is 11.7 Å². The highest BCUT2D eigenvalue weighted by atomic mass is 79.9. The molecule has 2 rings (SSSR count). The first-order valence-corrected chi connectivity index (χ1v) is 8.01. The van der Waals surface area contributed by atoms with Gasteiger partial charge >= 0.3 is 0 Å². The predicted molar refractivity (Wildman–Crippen MR) is 95.5 cm³/mol. The largest absolute Gasteiger partial charge is 0.495 e. The molecular formula is C17H16BrFN2O4. The van der Waals surface area contributed by atoms with Gasteiger partial charge in [0, 0.05) is 12.6 Å². The van der Waals surface area contributed by atoms with Crippen LogP contribution < -0.4 is 20.1 Å². The molecule has 0 fully saturated rings. The van der Waals surface area contributed by atoms with Crippen LogP contribution in [0.5, 0.6) is 11.5 Å². The zero-order chi connectivity index (χ0) is 18.4. The van der Waals surface area contributed by atoms with Gasteiger partial charge in [0.2, 0.25) is 5.91 Å². The number of carbonyl (C=O) groups excluding carboxylic acids is 2. The monoisotopic (exact) mass is 410 g/mol. The Balaban J connectivity index is 2.04. The summed E-state index contributed by atoms with van der Waals surface area (Å²) in [7, 11) is 1.47. The number of anilines is 2. The van der Waals surface area contributed by atoms with E-state index in [9.17, 15) is 14.0 Å². The summed E-state index contributed by atoms with van der Waals surface area (Å²) in [5, 5.41) is 5.27. The molecular weight excluding hydrogens is 395 g/mol. The van der Waals surface area contributed by atoms with Gasteiger partial charge in [-0.2, -0.15) is 0 Å². The summed E-state index contributed by atoms with van der Waals surface area (Å²) in [6.45, 7) is 1.11. The van der Waals surface area contributed by atoms with Crippen LogP contribution in [-0.4, -0.2) is 25.5 Å². The number of hydrogen-bond acceptors (Lipinski definition) is 4. The molecule has 2 N–H and O–H groups in total. The van der Waals surface area contributed by atoms with E-state index in [4.69, 9.17) is 9.47 Å². The Labute approximate surface area is 152 Å². The summed E-state index contributed by atoms with van der Waals surface area (Å²) in [6.07, 6.45) is 0. The Bertz CT molecular complexity index is 798. The van der Waals surface area contributed by atoms with Crippen molar-refractivity contribution < 1.29 is 23.5 Å². The highest BCUT2D eigenvalue weighted by molar-refractivity contribution is 9.10. The lowest BCUT2D eigenvalue weighted by molar-refractivity contribution is -0.118. The number of hydrogen-bond donors (Lipinski definition) is 2. The lowest BCUT2D eigenvalue weighted by atomic mass is 10.2. The minimum absolute atomic E-state index is 0.230. The van der Waals surface area contributed by atoms with Crippen molar-refractivity contribution in [3.05, 3.63) is 46.7 Å². The second kappa shape index (κ2) is 8.48. The lowest BCUT2D eigenvalue weighted by Gasteiger charge is -2.13. The van der Waals surface area contributed by atoms with Crippen molar-refractivity contribution in [2.45, 2.75) is 6.92 Å². The average molecular weight is 411 g/mol. The summed E-state index contributed by atoms with van der Waals surface area (Å²) in [5.74, 6) is -0.300. The van der Waals surface area contributed by atoms with Gasteiger partial charge in [-0.1, -0.05) is 0 Å². The van der Waals surface area contributed by atoms with E-state index in [1.165, 1.54) is 32.2 Å². The van der Waals surface area contributed by atoms with Crippen LogP contribution >= 0.6 is 15.9 Å². The minimum atomic E-state index is -0.436. The molecule has 25 heavy (non-hydrogen) atoms. The molecule has 0 radical (unpaired) electrons. The van der Waals surface area contributed by atoms with Crippen molar-refractivity contribution in [1.82, 2.24) is 0 Å². The van der Waals surface area contributed by atoms with Crippen molar-refractivity contribution in [2.24, 2.45) is 0 Å². The molecule has 0 aromatic heterocycles. The highest BCUT2D eigenvalue weighted by Gasteiger charge is 2.11. The van der Waals surface area contributed by atoms with Gasteiger partial charge in [-0.15, -0.1) is 0 Å². The molecule has 0 atom stereocenters. The molecule has 0 unspecified atom stereocenters. The summed E-state index contributed by atoms with van der Waals surface area (Å²) in [4.78, 5) is 23.2. The maximum atomic E-state index is 13.0. The number of amides is 2. The van der Waals surface area contributed by atoms with Gasteiger partial charge < -0.3 is 20.1 Å². The minimum Gasteiger partial charge on any atom is -0.495 e. The number of carbonyl (C=O) groups is 2. The third-order valence-electron chi connectivity index (χ3n) is 3.05. The summed E-state index contributed by atoms with van der Waals surface area (Å²) < 4.78 is 24.0. The number of ether oxygens (including phenoxy) is 2. The van der Waals surface area contributed by atoms with Crippen molar-refractivity contribution >= 4 is 39.1 Å². The van der Waals surface area contributed by atoms with E-state index in [0.717, 1.165) is 0 Å². The fraction of sp³-hybridized carbons (Fsp3) is 0.176. The van der Waals surface area contributed by atoms with Gasteiger partial charge in [0.25, 0.3) is 5.91 Å². The van der Waals surface area contributed by atoms with Gasteiger partial charge in [0.05, 0.1) is 17.3 Å². The number of benzene rings is 2. The Hall–Kier alpha value is -2.61. The molecule has 8 heteroatoms. The van der Waals surface area contributed by atoms with Crippen LogP contribution in [0.25, 0.3) is 0 Å². The van der Waals surface area contributed by atoms with Crippen LogP contribution in [-0.2, 0) is 9.59 Å². The molecule has 0 aliphatic carbocycles. The SMILES string of the molecule is COc1ccc(NC(C)=O)cc1NC(=O)COc1ccc(F)cc1Br.